The maximum Gasteiger partial charge on any atom is 0.390 e. The Balaban J connectivity index is 2.91. The fourth-order valence-electron chi connectivity index (χ4n) is 1.30. The van der Waals surface area contributed by atoms with Crippen molar-refractivity contribution in [3.05, 3.63) is 17.5 Å². The topological polar surface area (TPSA) is 87.6 Å². The van der Waals surface area contributed by atoms with E-state index in [-0.39, 0.29) is 24.0 Å². The molecule has 0 bridgehead atoms. The number of nitrogens with two attached hydrogens (primary N) is 1. The molecule has 0 radical (unpaired) electrons. The lowest BCUT2D eigenvalue weighted by atomic mass is 10.3. The number of anilines is 1. The van der Waals surface area contributed by atoms with Gasteiger partial charge in [-0.2, -0.15) is 13.2 Å². The van der Waals surface area contributed by atoms with Crippen molar-refractivity contribution < 1.29 is 18.4 Å². The lowest BCUT2D eigenvalue weighted by molar-refractivity contribution is -0.132. The molecule has 0 aliphatic heterocycles. The van der Waals surface area contributed by atoms with Crippen LogP contribution in [0, 0.1) is 6.92 Å². The highest BCUT2D eigenvalue weighted by Crippen LogP contribution is 2.20. The summed E-state index contributed by atoms with van der Waals surface area (Å²) in [5, 5.41) is 11.3. The van der Waals surface area contributed by atoms with Gasteiger partial charge in [-0.25, -0.2) is 9.97 Å². The second kappa shape index (κ2) is 5.72. The standard InChI is InChI=1S/C10H14F3N5O/c1-6-5-7(8(14)17-19)16-9(15-6)18(2)4-3-10(11,12)13/h5,19H,3-4H2,1-2H3,(H2,14,17). The van der Waals surface area contributed by atoms with E-state index >= 15 is 0 Å². The SMILES string of the molecule is Cc1cc(/C(N)=N/O)nc(N(C)CCC(F)(F)F)n1. The van der Waals surface area contributed by atoms with Crippen LogP contribution in [-0.2, 0) is 0 Å². The molecule has 0 aliphatic rings. The van der Waals surface area contributed by atoms with Gasteiger partial charge in [-0.3, -0.25) is 0 Å². The molecule has 1 aromatic heterocycles. The number of oxime groups is 1. The third kappa shape index (κ3) is 4.60. The molecule has 0 amide bonds. The first-order valence-corrected chi connectivity index (χ1v) is 5.34. The lowest BCUT2D eigenvalue weighted by Crippen LogP contribution is -2.27. The monoisotopic (exact) mass is 277 g/mol. The maximum absolute atomic E-state index is 12.1. The molecule has 106 valence electrons. The third-order valence-corrected chi connectivity index (χ3v) is 2.28. The number of halogens is 3. The van der Waals surface area contributed by atoms with Crippen molar-refractivity contribution in [1.29, 1.82) is 0 Å². The van der Waals surface area contributed by atoms with E-state index in [1.807, 2.05) is 0 Å². The number of aromatic nitrogens is 2. The van der Waals surface area contributed by atoms with Gasteiger partial charge in [0.15, 0.2) is 5.84 Å². The molecule has 1 aromatic rings. The summed E-state index contributed by atoms with van der Waals surface area (Å²) in [5.41, 5.74) is 6.05. The molecule has 0 fully saturated rings. The van der Waals surface area contributed by atoms with E-state index in [1.165, 1.54) is 18.0 Å². The summed E-state index contributed by atoms with van der Waals surface area (Å²) in [5.74, 6) is -0.137. The van der Waals surface area contributed by atoms with E-state index < -0.39 is 12.6 Å². The normalized spacial score (nSPS) is 12.6. The summed E-state index contributed by atoms with van der Waals surface area (Å²) in [6.07, 6.45) is -5.22. The van der Waals surface area contributed by atoms with Gasteiger partial charge in [0.05, 0.1) is 6.42 Å². The number of amidine groups is 1. The summed E-state index contributed by atoms with van der Waals surface area (Å²) in [6, 6.07) is 1.47. The van der Waals surface area contributed by atoms with Gasteiger partial charge >= 0.3 is 6.18 Å². The Morgan fingerprint density at radius 2 is 2.11 bits per heavy atom. The smallest absolute Gasteiger partial charge is 0.390 e. The summed E-state index contributed by atoms with van der Waals surface area (Å²) < 4.78 is 36.4. The Bertz CT molecular complexity index is 475. The van der Waals surface area contributed by atoms with Crippen molar-refractivity contribution in [3.63, 3.8) is 0 Å². The molecule has 19 heavy (non-hydrogen) atoms. The van der Waals surface area contributed by atoms with Crippen molar-refractivity contribution in [2.24, 2.45) is 10.9 Å². The molecule has 0 aliphatic carbocycles. The summed E-state index contributed by atoms with van der Waals surface area (Å²) >= 11 is 0. The predicted octanol–water partition coefficient (Wildman–Crippen LogP) is 1.27. The Morgan fingerprint density at radius 1 is 1.47 bits per heavy atom. The molecule has 0 unspecified atom stereocenters. The molecule has 3 N–H and O–H groups in total. The van der Waals surface area contributed by atoms with Crippen molar-refractivity contribution in [3.8, 4) is 0 Å². The first-order chi connectivity index (χ1) is 8.73. The highest BCUT2D eigenvalue weighted by molar-refractivity contribution is 5.95. The molecule has 0 aromatic carbocycles. The van der Waals surface area contributed by atoms with Crippen LogP contribution in [0.5, 0.6) is 0 Å². The zero-order valence-electron chi connectivity index (χ0n) is 10.4. The molecule has 0 spiro atoms. The van der Waals surface area contributed by atoms with E-state index in [2.05, 4.69) is 15.1 Å². The molecular formula is C10H14F3N5O. The Morgan fingerprint density at radius 3 is 2.63 bits per heavy atom. The van der Waals surface area contributed by atoms with Gasteiger partial charge < -0.3 is 15.8 Å². The zero-order valence-corrected chi connectivity index (χ0v) is 10.4. The summed E-state index contributed by atoms with van der Waals surface area (Å²) in [7, 11) is 1.44. The Labute approximate surface area is 107 Å². The van der Waals surface area contributed by atoms with Gasteiger partial charge in [-0.1, -0.05) is 5.16 Å². The second-order valence-corrected chi connectivity index (χ2v) is 3.97. The maximum atomic E-state index is 12.1. The fourth-order valence-corrected chi connectivity index (χ4v) is 1.30. The van der Waals surface area contributed by atoms with Crippen LogP contribution in [0.3, 0.4) is 0 Å². The van der Waals surface area contributed by atoms with Crippen LogP contribution in [-0.4, -0.2) is 40.8 Å². The molecule has 0 saturated heterocycles. The van der Waals surface area contributed by atoms with Gasteiger partial charge in [0, 0.05) is 19.3 Å². The summed E-state index contributed by atoms with van der Waals surface area (Å²) in [6.45, 7) is 1.36. The number of alkyl halides is 3. The number of nitrogens with zero attached hydrogens (tertiary/aromatic N) is 4. The number of aryl methyl sites for hydroxylation is 1. The van der Waals surface area contributed by atoms with E-state index in [9.17, 15) is 13.2 Å². The van der Waals surface area contributed by atoms with E-state index in [0.717, 1.165) is 0 Å². The van der Waals surface area contributed by atoms with Crippen molar-refractivity contribution in [1.82, 2.24) is 9.97 Å². The Hall–Kier alpha value is -2.06. The largest absolute Gasteiger partial charge is 0.409 e. The van der Waals surface area contributed by atoms with Crippen molar-refractivity contribution >= 4 is 11.8 Å². The van der Waals surface area contributed by atoms with E-state index in [1.54, 1.807) is 6.92 Å². The van der Waals surface area contributed by atoms with Crippen LogP contribution >= 0.6 is 0 Å². The Kier molecular flexibility index (Phi) is 4.52. The van der Waals surface area contributed by atoms with Crippen LogP contribution in [0.1, 0.15) is 17.8 Å². The minimum absolute atomic E-state index is 0.0888. The molecule has 0 saturated carbocycles. The molecule has 9 heteroatoms. The molecule has 6 nitrogen and oxygen atoms in total. The highest BCUT2D eigenvalue weighted by Gasteiger charge is 2.27. The van der Waals surface area contributed by atoms with Crippen molar-refractivity contribution in [2.45, 2.75) is 19.5 Å². The van der Waals surface area contributed by atoms with Crippen LogP contribution in [0.4, 0.5) is 19.1 Å². The average molecular weight is 277 g/mol. The van der Waals surface area contributed by atoms with Crippen LogP contribution < -0.4 is 10.6 Å². The van der Waals surface area contributed by atoms with Crippen LogP contribution in [0.2, 0.25) is 0 Å². The quantitative estimate of drug-likeness (QED) is 0.374. The number of hydrogen-bond acceptors (Lipinski definition) is 5. The predicted molar refractivity (Wildman–Crippen MR) is 63.2 cm³/mol. The summed E-state index contributed by atoms with van der Waals surface area (Å²) in [4.78, 5) is 9.20. The first kappa shape index (κ1) is 15.0. The van der Waals surface area contributed by atoms with Crippen LogP contribution in [0.25, 0.3) is 0 Å². The van der Waals surface area contributed by atoms with Gasteiger partial charge in [0.1, 0.15) is 5.69 Å². The number of rotatable bonds is 4. The molecule has 1 heterocycles. The lowest BCUT2D eigenvalue weighted by Gasteiger charge is -2.18. The van der Waals surface area contributed by atoms with Crippen molar-refractivity contribution in [2.75, 3.05) is 18.5 Å². The third-order valence-electron chi connectivity index (χ3n) is 2.28. The minimum Gasteiger partial charge on any atom is -0.409 e. The van der Waals surface area contributed by atoms with Gasteiger partial charge in [-0.15, -0.1) is 0 Å². The van der Waals surface area contributed by atoms with E-state index in [4.69, 9.17) is 10.9 Å². The molecule has 1 rings (SSSR count). The zero-order chi connectivity index (χ0) is 14.6. The van der Waals surface area contributed by atoms with Gasteiger partial charge in [-0.05, 0) is 13.0 Å². The highest BCUT2D eigenvalue weighted by atomic mass is 19.4. The van der Waals surface area contributed by atoms with Gasteiger partial charge in [0.25, 0.3) is 0 Å². The molecule has 0 atom stereocenters. The minimum atomic E-state index is -4.24. The molecular weight excluding hydrogens is 263 g/mol. The number of hydrogen-bond donors (Lipinski definition) is 2. The van der Waals surface area contributed by atoms with Crippen LogP contribution in [0.15, 0.2) is 11.2 Å². The first-order valence-electron chi connectivity index (χ1n) is 5.34. The fraction of sp³-hybridized carbons (Fsp3) is 0.500. The van der Waals surface area contributed by atoms with E-state index in [0.29, 0.717) is 5.69 Å². The average Bonchev–Trinajstić information content (AvgIpc) is 2.33. The van der Waals surface area contributed by atoms with Gasteiger partial charge in [0.2, 0.25) is 5.95 Å². The second-order valence-electron chi connectivity index (χ2n) is 3.97.